The first-order valence-electron chi connectivity index (χ1n) is 5.98. The van der Waals surface area contributed by atoms with Gasteiger partial charge in [0.25, 0.3) is 0 Å². The van der Waals surface area contributed by atoms with Crippen molar-refractivity contribution in [1.29, 1.82) is 0 Å². The maximum Gasteiger partial charge on any atom is 0.147 e. The lowest BCUT2D eigenvalue weighted by atomic mass is 10.4. The van der Waals surface area contributed by atoms with Crippen LogP contribution in [0.4, 0.5) is 11.6 Å². The van der Waals surface area contributed by atoms with Crippen molar-refractivity contribution >= 4 is 34.8 Å². The van der Waals surface area contributed by atoms with Gasteiger partial charge in [-0.15, -0.1) is 0 Å². The predicted molar refractivity (Wildman–Crippen MR) is 74.2 cm³/mol. The third-order valence-corrected chi connectivity index (χ3v) is 3.48. The molecule has 0 spiro atoms. The van der Waals surface area contributed by atoms with Crippen LogP contribution in [0.25, 0.3) is 0 Å². The fourth-order valence-electron chi connectivity index (χ4n) is 1.63. The minimum Gasteiger partial charge on any atom is -0.369 e. The van der Waals surface area contributed by atoms with Crippen molar-refractivity contribution in [3.05, 3.63) is 16.1 Å². The lowest BCUT2D eigenvalue weighted by Gasteiger charge is -2.11. The topological polar surface area (TPSA) is 37.0 Å². The maximum atomic E-state index is 6.12. The summed E-state index contributed by atoms with van der Waals surface area (Å²) in [6, 6.07) is 2.24. The molecule has 2 rings (SSSR count). The van der Waals surface area contributed by atoms with Gasteiger partial charge in [0.2, 0.25) is 0 Å². The number of hydrogen-bond donors (Lipinski definition) is 2. The molecule has 1 aromatic heterocycles. The van der Waals surface area contributed by atoms with Crippen LogP contribution >= 0.6 is 23.2 Å². The molecule has 94 valence electrons. The van der Waals surface area contributed by atoms with Crippen molar-refractivity contribution < 1.29 is 0 Å². The monoisotopic (exact) mass is 273 g/mol. The van der Waals surface area contributed by atoms with E-state index < -0.39 is 0 Å². The van der Waals surface area contributed by atoms with Crippen molar-refractivity contribution in [3.63, 3.8) is 0 Å². The van der Waals surface area contributed by atoms with Crippen molar-refractivity contribution in [2.75, 3.05) is 17.2 Å². The summed E-state index contributed by atoms with van der Waals surface area (Å²) in [4.78, 5) is 4.44. The highest BCUT2D eigenvalue weighted by Crippen LogP contribution is 2.36. The van der Waals surface area contributed by atoms with E-state index in [0.717, 1.165) is 18.8 Å². The summed E-state index contributed by atoms with van der Waals surface area (Å²) in [5.74, 6) is 2.13. The molecule has 0 saturated heterocycles. The fourth-order valence-corrected chi connectivity index (χ4v) is 2.11. The molecule has 2 unspecified atom stereocenters. The maximum absolute atomic E-state index is 6.12. The fraction of sp³-hybridized carbons (Fsp3) is 0.583. The molecule has 2 atom stereocenters. The van der Waals surface area contributed by atoms with Gasteiger partial charge in [-0.1, -0.05) is 37.0 Å². The van der Waals surface area contributed by atoms with Gasteiger partial charge in [0, 0.05) is 12.6 Å². The summed E-state index contributed by atoms with van der Waals surface area (Å²) < 4.78 is 0. The summed E-state index contributed by atoms with van der Waals surface area (Å²) in [6.07, 6.45) is 2.21. The highest BCUT2D eigenvalue weighted by atomic mass is 35.5. The summed E-state index contributed by atoms with van der Waals surface area (Å²) in [7, 11) is 0. The third-order valence-electron chi connectivity index (χ3n) is 2.90. The van der Waals surface area contributed by atoms with Crippen LogP contribution in [0.5, 0.6) is 0 Å². The predicted octanol–water partition coefficient (Wildman–Crippen LogP) is 4.03. The van der Waals surface area contributed by atoms with Gasteiger partial charge in [-0.2, -0.15) is 0 Å². The standard InChI is InChI=1S/C12H17Cl2N3/c1-3-4-15-11-8(13)6-9(14)12(17-11)16-10-5-7(10)2/h6-7,10H,3-5H2,1-2H3,(H2,15,16,17). The normalized spacial score (nSPS) is 22.4. The van der Waals surface area contributed by atoms with Crippen LogP contribution in [-0.4, -0.2) is 17.6 Å². The van der Waals surface area contributed by atoms with Crippen molar-refractivity contribution in [2.24, 2.45) is 5.92 Å². The van der Waals surface area contributed by atoms with Crippen LogP contribution in [0.3, 0.4) is 0 Å². The van der Waals surface area contributed by atoms with Gasteiger partial charge < -0.3 is 10.6 Å². The number of nitrogens with zero attached hydrogens (tertiary/aromatic N) is 1. The molecule has 3 nitrogen and oxygen atoms in total. The molecular formula is C12H17Cl2N3. The molecule has 0 radical (unpaired) electrons. The zero-order valence-corrected chi connectivity index (χ0v) is 11.6. The average Bonchev–Trinajstić information content (AvgIpc) is 2.97. The van der Waals surface area contributed by atoms with Gasteiger partial charge in [-0.25, -0.2) is 4.98 Å². The Hall–Kier alpha value is -0.670. The van der Waals surface area contributed by atoms with E-state index in [1.165, 1.54) is 6.42 Å². The Morgan fingerprint density at radius 2 is 2.00 bits per heavy atom. The molecule has 1 aliphatic carbocycles. The van der Waals surface area contributed by atoms with Crippen molar-refractivity contribution in [3.8, 4) is 0 Å². The highest BCUT2D eigenvalue weighted by Gasteiger charge is 2.33. The third kappa shape index (κ3) is 3.17. The molecule has 1 saturated carbocycles. The van der Waals surface area contributed by atoms with Gasteiger partial charge in [0.05, 0.1) is 10.0 Å². The number of pyridine rings is 1. The molecule has 0 aromatic carbocycles. The number of nitrogens with one attached hydrogen (secondary N) is 2. The van der Waals surface area contributed by atoms with E-state index in [4.69, 9.17) is 23.2 Å². The largest absolute Gasteiger partial charge is 0.369 e. The molecule has 2 N–H and O–H groups in total. The number of aromatic nitrogens is 1. The number of anilines is 2. The summed E-state index contributed by atoms with van der Waals surface area (Å²) in [5.41, 5.74) is 0. The number of halogens is 2. The lowest BCUT2D eigenvalue weighted by molar-refractivity contribution is 0.922. The second-order valence-corrected chi connectivity index (χ2v) is 5.35. The van der Waals surface area contributed by atoms with Gasteiger partial charge in [0.15, 0.2) is 0 Å². The van der Waals surface area contributed by atoms with Gasteiger partial charge in [-0.3, -0.25) is 0 Å². The van der Waals surface area contributed by atoms with E-state index in [1.807, 2.05) is 0 Å². The Balaban J connectivity index is 2.13. The van der Waals surface area contributed by atoms with E-state index in [1.54, 1.807) is 6.07 Å². The molecule has 0 amide bonds. The van der Waals surface area contributed by atoms with E-state index >= 15 is 0 Å². The first-order chi connectivity index (χ1) is 8.11. The number of hydrogen-bond acceptors (Lipinski definition) is 3. The van der Waals surface area contributed by atoms with E-state index in [-0.39, 0.29) is 0 Å². The molecule has 17 heavy (non-hydrogen) atoms. The van der Waals surface area contributed by atoms with Crippen LogP contribution < -0.4 is 10.6 Å². The first-order valence-corrected chi connectivity index (χ1v) is 6.73. The summed E-state index contributed by atoms with van der Waals surface area (Å²) >= 11 is 12.2. The Morgan fingerprint density at radius 1 is 1.35 bits per heavy atom. The first kappa shape index (κ1) is 12.8. The van der Waals surface area contributed by atoms with Gasteiger partial charge >= 0.3 is 0 Å². The quantitative estimate of drug-likeness (QED) is 0.851. The van der Waals surface area contributed by atoms with Crippen LogP contribution in [0, 0.1) is 5.92 Å². The van der Waals surface area contributed by atoms with Crippen LogP contribution in [0.2, 0.25) is 10.0 Å². The molecular weight excluding hydrogens is 257 g/mol. The van der Waals surface area contributed by atoms with Crippen LogP contribution in [0.1, 0.15) is 26.7 Å². The second kappa shape index (κ2) is 5.32. The molecule has 1 fully saturated rings. The minimum absolute atomic E-state index is 0.500. The Kier molecular flexibility index (Phi) is 4.00. The second-order valence-electron chi connectivity index (χ2n) is 4.54. The van der Waals surface area contributed by atoms with Crippen molar-refractivity contribution in [2.45, 2.75) is 32.7 Å². The van der Waals surface area contributed by atoms with Crippen molar-refractivity contribution in [1.82, 2.24) is 4.98 Å². The van der Waals surface area contributed by atoms with Gasteiger partial charge in [0.1, 0.15) is 11.6 Å². The van der Waals surface area contributed by atoms with Gasteiger partial charge in [-0.05, 0) is 24.8 Å². The van der Waals surface area contributed by atoms with E-state index in [2.05, 4.69) is 29.5 Å². The Labute approximate surface area is 112 Å². The molecule has 1 aliphatic rings. The Morgan fingerprint density at radius 3 is 2.59 bits per heavy atom. The minimum atomic E-state index is 0.500. The van der Waals surface area contributed by atoms with E-state index in [0.29, 0.717) is 27.8 Å². The molecule has 1 aromatic rings. The molecule has 5 heteroatoms. The Bertz CT molecular complexity index is 409. The number of rotatable bonds is 5. The molecule has 1 heterocycles. The summed E-state index contributed by atoms with van der Waals surface area (Å²) in [6.45, 7) is 5.16. The SMILES string of the molecule is CCCNc1nc(NC2CC2C)c(Cl)cc1Cl. The zero-order valence-electron chi connectivity index (χ0n) is 10.1. The molecule has 0 aliphatic heterocycles. The van der Waals surface area contributed by atoms with E-state index in [9.17, 15) is 0 Å². The lowest BCUT2D eigenvalue weighted by Crippen LogP contribution is -2.09. The zero-order chi connectivity index (χ0) is 12.4. The smallest absolute Gasteiger partial charge is 0.147 e. The average molecular weight is 274 g/mol. The summed E-state index contributed by atoms with van der Waals surface area (Å²) in [5, 5.41) is 7.68. The van der Waals surface area contributed by atoms with Crippen LogP contribution in [-0.2, 0) is 0 Å². The molecule has 0 bridgehead atoms. The highest BCUT2D eigenvalue weighted by molar-refractivity contribution is 6.37. The van der Waals surface area contributed by atoms with Crippen LogP contribution in [0.15, 0.2) is 6.07 Å².